The van der Waals surface area contributed by atoms with Crippen molar-refractivity contribution in [2.45, 2.75) is 19.9 Å². The molecule has 1 amide bonds. The number of nitrogens with one attached hydrogen (secondary N) is 1. The van der Waals surface area contributed by atoms with E-state index in [1.165, 1.54) is 0 Å². The number of carbonyl (C=O) groups is 1. The average molecular weight is 458 g/mol. The highest BCUT2D eigenvalue weighted by atomic mass is 35.5. The van der Waals surface area contributed by atoms with Crippen LogP contribution in [-0.4, -0.2) is 30.5 Å². The smallest absolute Gasteiger partial charge is 0.251 e. The van der Waals surface area contributed by atoms with Crippen LogP contribution in [0.25, 0.3) is 16.4 Å². The molecule has 0 bridgehead atoms. The molecule has 1 aromatic carbocycles. The minimum atomic E-state index is -0.183. The number of rotatable bonds is 5. The quantitative estimate of drug-likeness (QED) is 0.416. The summed E-state index contributed by atoms with van der Waals surface area (Å²) < 4.78 is 1.58. The molecule has 0 atom stereocenters. The number of amides is 1. The number of anilines is 1. The van der Waals surface area contributed by atoms with E-state index in [2.05, 4.69) is 25.4 Å². The summed E-state index contributed by atoms with van der Waals surface area (Å²) >= 11 is 6.07. The highest BCUT2D eigenvalue weighted by Crippen LogP contribution is 2.20. The van der Waals surface area contributed by atoms with Gasteiger partial charge in [-0.2, -0.15) is 9.61 Å². The predicted octanol–water partition coefficient (Wildman–Crippen LogP) is 3.74. The third-order valence-electron chi connectivity index (χ3n) is 5.39. The molecule has 0 fully saturated rings. The standard InChI is InChI=1S/C24H20ClN7O/c1-14-22-8-16(12-30-32(22)24(26)31-14)11-29-23(33)17-4-5-27-20(10-17)7-15-2-3-21-18(6-15)9-19(25)13-28-21/h2-6,8-10,12-13H,7,11H2,1H3,(H2,26,31)(H,29,33). The third-order valence-corrected chi connectivity index (χ3v) is 5.60. The molecule has 0 saturated carbocycles. The Bertz CT molecular complexity index is 1510. The van der Waals surface area contributed by atoms with Gasteiger partial charge in [-0.15, -0.1) is 0 Å². The van der Waals surface area contributed by atoms with Gasteiger partial charge in [0.25, 0.3) is 5.91 Å². The molecule has 9 heteroatoms. The number of imidazole rings is 1. The van der Waals surface area contributed by atoms with Crippen LogP contribution in [0.2, 0.25) is 5.02 Å². The van der Waals surface area contributed by atoms with E-state index in [0.717, 1.165) is 38.9 Å². The van der Waals surface area contributed by atoms with Crippen LogP contribution in [0.4, 0.5) is 5.95 Å². The van der Waals surface area contributed by atoms with Crippen molar-refractivity contribution < 1.29 is 4.79 Å². The Kier molecular flexibility index (Phi) is 5.35. The maximum Gasteiger partial charge on any atom is 0.251 e. The number of benzene rings is 1. The first-order chi connectivity index (χ1) is 16.0. The molecule has 4 heterocycles. The Morgan fingerprint density at radius 1 is 1.09 bits per heavy atom. The predicted molar refractivity (Wildman–Crippen MR) is 127 cm³/mol. The molecule has 33 heavy (non-hydrogen) atoms. The van der Waals surface area contributed by atoms with E-state index in [9.17, 15) is 4.79 Å². The highest BCUT2D eigenvalue weighted by molar-refractivity contribution is 6.31. The Morgan fingerprint density at radius 2 is 1.97 bits per heavy atom. The Balaban J connectivity index is 1.29. The monoisotopic (exact) mass is 457 g/mol. The number of nitrogen functional groups attached to an aromatic ring is 1. The molecule has 0 saturated heterocycles. The van der Waals surface area contributed by atoms with Gasteiger partial charge in [-0.05, 0) is 54.4 Å². The van der Waals surface area contributed by atoms with Gasteiger partial charge in [0.2, 0.25) is 5.95 Å². The van der Waals surface area contributed by atoms with Gasteiger partial charge in [-0.1, -0.05) is 17.7 Å². The number of pyridine rings is 2. The lowest BCUT2D eigenvalue weighted by Crippen LogP contribution is -2.23. The largest absolute Gasteiger partial charge is 0.368 e. The van der Waals surface area contributed by atoms with Crippen molar-refractivity contribution in [1.82, 2.24) is 29.9 Å². The number of nitrogens with two attached hydrogens (primary N) is 1. The molecule has 0 radical (unpaired) electrons. The van der Waals surface area contributed by atoms with Gasteiger partial charge >= 0.3 is 0 Å². The molecular weight excluding hydrogens is 438 g/mol. The van der Waals surface area contributed by atoms with Gasteiger partial charge in [0, 0.05) is 42.0 Å². The van der Waals surface area contributed by atoms with E-state index >= 15 is 0 Å². The number of carbonyl (C=O) groups excluding carboxylic acids is 1. The van der Waals surface area contributed by atoms with E-state index in [0.29, 0.717) is 29.5 Å². The first-order valence-corrected chi connectivity index (χ1v) is 10.7. The van der Waals surface area contributed by atoms with Gasteiger partial charge in [0.05, 0.1) is 27.9 Å². The Morgan fingerprint density at radius 3 is 2.85 bits per heavy atom. The van der Waals surface area contributed by atoms with Crippen LogP contribution in [0.15, 0.2) is 61.1 Å². The fraction of sp³-hybridized carbons (Fsp3) is 0.125. The molecule has 0 unspecified atom stereocenters. The summed E-state index contributed by atoms with van der Waals surface area (Å²) in [5, 5.41) is 8.79. The minimum absolute atomic E-state index is 0.183. The number of hydrogen-bond acceptors (Lipinski definition) is 6. The summed E-state index contributed by atoms with van der Waals surface area (Å²) in [5.74, 6) is 0.158. The number of halogens is 1. The summed E-state index contributed by atoms with van der Waals surface area (Å²) in [6.45, 7) is 2.21. The zero-order chi connectivity index (χ0) is 22.9. The van der Waals surface area contributed by atoms with Gasteiger partial charge in [0.1, 0.15) is 0 Å². The summed E-state index contributed by atoms with van der Waals surface area (Å²) in [4.78, 5) is 25.7. The third kappa shape index (κ3) is 4.33. The lowest BCUT2D eigenvalue weighted by Gasteiger charge is -2.08. The van der Waals surface area contributed by atoms with E-state index in [1.807, 2.05) is 37.3 Å². The second kappa shape index (κ2) is 8.48. The SMILES string of the molecule is Cc1nc(N)n2ncc(CNC(=O)c3ccnc(Cc4ccc5ncc(Cl)cc5c4)c3)cc12. The number of aromatic nitrogens is 5. The minimum Gasteiger partial charge on any atom is -0.368 e. The summed E-state index contributed by atoms with van der Waals surface area (Å²) in [7, 11) is 0. The Labute approximate surface area is 194 Å². The van der Waals surface area contributed by atoms with Crippen LogP contribution in [0, 0.1) is 6.92 Å². The number of fused-ring (bicyclic) bond motifs is 2. The zero-order valence-corrected chi connectivity index (χ0v) is 18.5. The topological polar surface area (TPSA) is 111 Å². The van der Waals surface area contributed by atoms with Crippen LogP contribution in [0.1, 0.15) is 32.9 Å². The van der Waals surface area contributed by atoms with Gasteiger partial charge in [-0.25, -0.2) is 4.98 Å². The summed E-state index contributed by atoms with van der Waals surface area (Å²) in [6.07, 6.45) is 5.54. The molecule has 164 valence electrons. The maximum absolute atomic E-state index is 12.7. The molecule has 0 aliphatic heterocycles. The lowest BCUT2D eigenvalue weighted by molar-refractivity contribution is 0.0950. The van der Waals surface area contributed by atoms with E-state index < -0.39 is 0 Å². The maximum atomic E-state index is 12.7. The van der Waals surface area contributed by atoms with Crippen LogP contribution in [-0.2, 0) is 13.0 Å². The van der Waals surface area contributed by atoms with Crippen molar-refractivity contribution in [3.63, 3.8) is 0 Å². The first-order valence-electron chi connectivity index (χ1n) is 10.3. The highest BCUT2D eigenvalue weighted by Gasteiger charge is 2.10. The van der Waals surface area contributed by atoms with Gasteiger partial charge in [0.15, 0.2) is 0 Å². The fourth-order valence-electron chi connectivity index (χ4n) is 3.76. The van der Waals surface area contributed by atoms with Gasteiger partial charge in [-0.3, -0.25) is 14.8 Å². The fourth-order valence-corrected chi connectivity index (χ4v) is 3.92. The van der Waals surface area contributed by atoms with Crippen LogP contribution in [0.5, 0.6) is 0 Å². The summed E-state index contributed by atoms with van der Waals surface area (Å²) in [6, 6.07) is 13.3. The molecule has 0 aliphatic rings. The second-order valence-electron chi connectivity index (χ2n) is 7.79. The van der Waals surface area contributed by atoms with E-state index in [-0.39, 0.29) is 5.91 Å². The number of hydrogen-bond donors (Lipinski definition) is 2. The van der Waals surface area contributed by atoms with Crippen molar-refractivity contribution in [2.75, 3.05) is 5.73 Å². The molecule has 5 rings (SSSR count). The normalized spacial score (nSPS) is 11.2. The van der Waals surface area contributed by atoms with Crippen LogP contribution in [0.3, 0.4) is 0 Å². The summed E-state index contributed by atoms with van der Waals surface area (Å²) in [5.41, 5.74) is 11.6. The second-order valence-corrected chi connectivity index (χ2v) is 8.23. The van der Waals surface area contributed by atoms with Crippen molar-refractivity contribution in [1.29, 1.82) is 0 Å². The average Bonchev–Trinajstić information content (AvgIpc) is 3.10. The molecular formula is C24H20ClN7O. The van der Waals surface area contributed by atoms with Crippen LogP contribution >= 0.6 is 11.6 Å². The number of aryl methyl sites for hydroxylation is 1. The molecule has 4 aromatic heterocycles. The van der Waals surface area contributed by atoms with Crippen molar-refractivity contribution in [2.24, 2.45) is 0 Å². The van der Waals surface area contributed by atoms with Gasteiger partial charge < -0.3 is 11.1 Å². The zero-order valence-electron chi connectivity index (χ0n) is 17.8. The van der Waals surface area contributed by atoms with E-state index in [4.69, 9.17) is 17.3 Å². The Hall–Kier alpha value is -4.04. The van der Waals surface area contributed by atoms with E-state index in [1.54, 1.807) is 35.2 Å². The molecule has 0 spiro atoms. The van der Waals surface area contributed by atoms with Crippen molar-refractivity contribution >= 4 is 39.9 Å². The van der Waals surface area contributed by atoms with Crippen molar-refractivity contribution in [3.05, 3.63) is 94.2 Å². The van der Waals surface area contributed by atoms with Crippen LogP contribution < -0.4 is 11.1 Å². The first kappa shape index (κ1) is 20.8. The molecule has 5 aromatic rings. The van der Waals surface area contributed by atoms with Crippen molar-refractivity contribution in [3.8, 4) is 0 Å². The lowest BCUT2D eigenvalue weighted by atomic mass is 10.0. The molecule has 8 nitrogen and oxygen atoms in total. The molecule has 0 aliphatic carbocycles. The molecule has 3 N–H and O–H groups in total. The number of nitrogens with zero attached hydrogens (tertiary/aromatic N) is 5.